The summed E-state index contributed by atoms with van der Waals surface area (Å²) < 4.78 is 5.03. The highest BCUT2D eigenvalue weighted by Gasteiger charge is 2.03. The maximum atomic E-state index is 6.73. The Kier molecular flexibility index (Phi) is 0.887. The van der Waals surface area contributed by atoms with Crippen molar-refractivity contribution in [3.05, 3.63) is 18.5 Å². The predicted octanol–water partition coefficient (Wildman–Crippen LogP) is 2.42. The first kappa shape index (κ1) is 5.22. The zero-order chi connectivity index (χ0) is 6.97. The first-order valence-electron chi connectivity index (χ1n) is 2.84. The summed E-state index contributed by atoms with van der Waals surface area (Å²) in [6, 6.07) is 1.80. The number of H-pyrrole nitrogens is 1. The summed E-state index contributed by atoms with van der Waals surface area (Å²) in [7, 11) is 0. The zero-order valence-corrected chi connectivity index (χ0v) is 5.09. The van der Waals surface area contributed by atoms with Gasteiger partial charge in [0.25, 0.3) is 0 Å². The summed E-state index contributed by atoms with van der Waals surface area (Å²) in [4.78, 5) is 2.91. The highest BCUT2D eigenvalue weighted by Crippen LogP contribution is 2.25. The molecule has 0 unspecified atom stereocenters. The average Bonchev–Trinajstić information content (AvgIpc) is 2.44. The molecule has 4 nitrogen and oxygen atoms in total. The molecule has 0 bridgehead atoms. The van der Waals surface area contributed by atoms with Crippen molar-refractivity contribution in [1.82, 2.24) is 4.98 Å². The van der Waals surface area contributed by atoms with Gasteiger partial charge in [-0.05, 0) is 6.07 Å². The third-order valence-corrected chi connectivity index (χ3v) is 1.38. The van der Waals surface area contributed by atoms with Crippen molar-refractivity contribution < 1.29 is 4.42 Å². The van der Waals surface area contributed by atoms with E-state index in [9.17, 15) is 0 Å². The molecule has 50 valence electrons. The molecule has 0 spiro atoms. The lowest BCUT2D eigenvalue weighted by Crippen LogP contribution is -1.56. The van der Waals surface area contributed by atoms with Gasteiger partial charge in [0.1, 0.15) is 17.5 Å². The van der Waals surface area contributed by atoms with E-state index < -0.39 is 0 Å². The largest absolute Gasteiger partial charge is 0.460 e. The van der Waals surface area contributed by atoms with Crippen LogP contribution in [0.2, 0.25) is 0 Å². The molecule has 2 aromatic rings. The third-order valence-electron chi connectivity index (χ3n) is 1.38. The Morgan fingerprint density at radius 1 is 1.60 bits per heavy atom. The lowest BCUT2D eigenvalue weighted by Gasteiger charge is -1.76. The molecule has 2 rings (SSSR count). The number of hydrogen-bond donors (Lipinski definition) is 2. The van der Waals surface area contributed by atoms with Crippen LogP contribution in [0.4, 0.5) is 5.69 Å². The van der Waals surface area contributed by atoms with Crippen molar-refractivity contribution in [2.24, 2.45) is 5.11 Å². The summed E-state index contributed by atoms with van der Waals surface area (Å²) in [5.41, 5.74) is 8.80. The summed E-state index contributed by atoms with van der Waals surface area (Å²) >= 11 is 0. The minimum absolute atomic E-state index is 0.542. The van der Waals surface area contributed by atoms with E-state index in [4.69, 9.17) is 9.95 Å². The fourth-order valence-electron chi connectivity index (χ4n) is 0.914. The molecule has 2 N–H and O–H groups in total. The molecule has 0 aliphatic heterocycles. The van der Waals surface area contributed by atoms with Crippen LogP contribution in [0.5, 0.6) is 0 Å². The normalized spacial score (nSPS) is 10.4. The monoisotopic (exact) mass is 135 g/mol. The first-order valence-corrected chi connectivity index (χ1v) is 2.84. The number of nitrogens with one attached hydrogen (secondary N) is 2. The van der Waals surface area contributed by atoms with Gasteiger partial charge in [-0.15, -0.1) is 0 Å². The molecular formula is C6H5N3O. The van der Waals surface area contributed by atoms with E-state index in [1.165, 1.54) is 6.26 Å². The van der Waals surface area contributed by atoms with E-state index in [1.54, 1.807) is 12.3 Å². The van der Waals surface area contributed by atoms with Gasteiger partial charge in [-0.1, -0.05) is 0 Å². The van der Waals surface area contributed by atoms with Gasteiger partial charge in [0.05, 0.1) is 0 Å². The molecule has 0 aromatic carbocycles. The number of hydrogen-bond acceptors (Lipinski definition) is 3. The van der Waals surface area contributed by atoms with E-state index in [0.717, 1.165) is 11.1 Å². The molecule has 10 heavy (non-hydrogen) atoms. The van der Waals surface area contributed by atoms with Crippen LogP contribution in [0.25, 0.3) is 11.1 Å². The van der Waals surface area contributed by atoms with Crippen molar-refractivity contribution >= 4 is 16.8 Å². The Morgan fingerprint density at radius 2 is 2.50 bits per heavy atom. The van der Waals surface area contributed by atoms with Crippen LogP contribution in [0.15, 0.2) is 28.1 Å². The van der Waals surface area contributed by atoms with Crippen LogP contribution < -0.4 is 0 Å². The average molecular weight is 135 g/mol. The van der Waals surface area contributed by atoms with Crippen LogP contribution in [-0.2, 0) is 0 Å². The molecule has 0 aliphatic carbocycles. The fourth-order valence-corrected chi connectivity index (χ4v) is 0.914. The van der Waals surface area contributed by atoms with E-state index in [-0.39, 0.29) is 0 Å². The van der Waals surface area contributed by atoms with Crippen molar-refractivity contribution in [2.75, 3.05) is 0 Å². The Bertz CT molecular complexity index is 360. The van der Waals surface area contributed by atoms with Gasteiger partial charge in [-0.3, -0.25) is 0 Å². The van der Waals surface area contributed by atoms with Crippen molar-refractivity contribution in [3.8, 4) is 0 Å². The molecule has 2 heterocycles. The van der Waals surface area contributed by atoms with Gasteiger partial charge < -0.3 is 9.40 Å². The van der Waals surface area contributed by atoms with Crippen LogP contribution in [0, 0.1) is 5.53 Å². The topological polar surface area (TPSA) is 65.1 Å². The van der Waals surface area contributed by atoms with Crippen LogP contribution in [0.1, 0.15) is 0 Å². The molecule has 0 radical (unpaired) electrons. The Labute approximate surface area is 56.4 Å². The number of aromatic amines is 1. The quantitative estimate of drug-likeness (QED) is 0.579. The number of rotatable bonds is 1. The summed E-state index contributed by atoms with van der Waals surface area (Å²) in [6.45, 7) is 0. The van der Waals surface area contributed by atoms with Gasteiger partial charge in [-0.25, -0.2) is 5.53 Å². The lowest BCUT2D eigenvalue weighted by atomic mass is 10.4. The Balaban J connectivity index is 2.88. The molecule has 0 saturated carbocycles. The Morgan fingerprint density at radius 3 is 3.30 bits per heavy atom. The minimum atomic E-state index is 0.542. The number of furan rings is 1. The van der Waals surface area contributed by atoms with Crippen molar-refractivity contribution in [1.29, 1.82) is 5.53 Å². The van der Waals surface area contributed by atoms with Crippen LogP contribution in [0.3, 0.4) is 0 Å². The number of fused-ring (bicyclic) bond motifs is 1. The van der Waals surface area contributed by atoms with Gasteiger partial charge >= 0.3 is 0 Å². The molecule has 0 aliphatic rings. The summed E-state index contributed by atoms with van der Waals surface area (Å²) in [5.74, 6) is 0. The SMILES string of the molecule is N=Nc1coc2cc[nH]c12. The fraction of sp³-hybridized carbons (Fsp3) is 0. The third kappa shape index (κ3) is 0.500. The molecule has 0 amide bonds. The second-order valence-corrected chi connectivity index (χ2v) is 1.95. The second kappa shape index (κ2) is 1.70. The molecular weight excluding hydrogens is 130 g/mol. The highest BCUT2D eigenvalue weighted by molar-refractivity contribution is 5.84. The lowest BCUT2D eigenvalue weighted by molar-refractivity contribution is 0.616. The standard InChI is InChI=1S/C6H5N3O/c7-9-4-3-10-5-1-2-8-6(4)5/h1-3,7-8H. The zero-order valence-electron chi connectivity index (χ0n) is 5.09. The number of aromatic nitrogens is 1. The van der Waals surface area contributed by atoms with Crippen molar-refractivity contribution in [3.63, 3.8) is 0 Å². The first-order chi connectivity index (χ1) is 4.92. The van der Waals surface area contributed by atoms with Gasteiger partial charge in [0, 0.05) is 6.20 Å². The molecule has 0 saturated heterocycles. The van der Waals surface area contributed by atoms with Gasteiger partial charge in [0.15, 0.2) is 5.58 Å². The Hall–Kier alpha value is -1.58. The second-order valence-electron chi connectivity index (χ2n) is 1.95. The van der Waals surface area contributed by atoms with E-state index in [1.807, 2.05) is 0 Å². The number of nitrogens with zero attached hydrogens (tertiary/aromatic N) is 1. The van der Waals surface area contributed by atoms with Gasteiger partial charge in [-0.2, -0.15) is 5.11 Å². The van der Waals surface area contributed by atoms with Gasteiger partial charge in [0.2, 0.25) is 0 Å². The maximum absolute atomic E-state index is 6.73. The predicted molar refractivity (Wildman–Crippen MR) is 35.4 cm³/mol. The van der Waals surface area contributed by atoms with Crippen LogP contribution in [-0.4, -0.2) is 4.98 Å². The smallest absolute Gasteiger partial charge is 0.153 e. The van der Waals surface area contributed by atoms with E-state index >= 15 is 0 Å². The summed E-state index contributed by atoms with van der Waals surface area (Å²) in [5, 5.41) is 3.26. The van der Waals surface area contributed by atoms with E-state index in [2.05, 4.69) is 10.1 Å². The highest BCUT2D eigenvalue weighted by atomic mass is 16.3. The molecule has 4 heteroatoms. The summed E-state index contributed by atoms with van der Waals surface area (Å²) in [6.07, 6.45) is 3.21. The van der Waals surface area contributed by atoms with Crippen molar-refractivity contribution in [2.45, 2.75) is 0 Å². The van der Waals surface area contributed by atoms with Crippen LogP contribution >= 0.6 is 0 Å². The molecule has 2 aromatic heterocycles. The molecule has 0 atom stereocenters. The maximum Gasteiger partial charge on any atom is 0.153 e. The molecule has 0 fully saturated rings. The van der Waals surface area contributed by atoms with E-state index in [0.29, 0.717) is 5.69 Å². The minimum Gasteiger partial charge on any atom is -0.460 e.